The molecule has 0 radical (unpaired) electrons. The Kier molecular flexibility index (Phi) is 5.34. The Balaban J connectivity index is 1.45. The van der Waals surface area contributed by atoms with Crippen LogP contribution < -0.4 is 10.6 Å². The average Bonchev–Trinajstić information content (AvgIpc) is 3.31. The van der Waals surface area contributed by atoms with Crippen LogP contribution in [0.4, 0.5) is 17.5 Å². The molecule has 162 valence electrons. The van der Waals surface area contributed by atoms with Crippen LogP contribution in [0.2, 0.25) is 0 Å². The van der Waals surface area contributed by atoms with E-state index in [-0.39, 0.29) is 6.04 Å². The van der Waals surface area contributed by atoms with E-state index in [2.05, 4.69) is 42.9 Å². The van der Waals surface area contributed by atoms with Gasteiger partial charge in [-0.15, -0.1) is 0 Å². The second-order valence-corrected chi connectivity index (χ2v) is 8.60. The molecule has 3 N–H and O–H groups in total. The number of hydrogen-bond acceptors (Lipinski definition) is 8. The summed E-state index contributed by atoms with van der Waals surface area (Å²) in [6.45, 7) is 2.78. The molecule has 3 aromatic rings. The maximum absolute atomic E-state index is 9.84. The highest BCUT2D eigenvalue weighted by molar-refractivity contribution is 5.96. The van der Waals surface area contributed by atoms with Crippen LogP contribution in [0, 0.1) is 29.6 Å². The minimum Gasteiger partial charge on any atom is -0.367 e. The number of anilines is 3. The van der Waals surface area contributed by atoms with Crippen molar-refractivity contribution in [3.8, 4) is 12.1 Å². The number of pyridine rings is 2. The van der Waals surface area contributed by atoms with Gasteiger partial charge < -0.3 is 10.6 Å². The van der Waals surface area contributed by atoms with Crippen molar-refractivity contribution in [2.24, 2.45) is 0 Å². The highest BCUT2D eigenvalue weighted by atomic mass is 15.2. The van der Waals surface area contributed by atoms with Gasteiger partial charge in [-0.3, -0.25) is 15.0 Å². The maximum atomic E-state index is 9.84. The molecule has 9 heteroatoms. The van der Waals surface area contributed by atoms with E-state index in [1.165, 1.54) is 12.8 Å². The molecule has 0 unspecified atom stereocenters. The Hall–Kier alpha value is -3.69. The number of nitrogens with one attached hydrogen (secondary N) is 3. The quantitative estimate of drug-likeness (QED) is 0.544. The first-order chi connectivity index (χ1) is 15.7. The van der Waals surface area contributed by atoms with E-state index in [1.54, 1.807) is 6.20 Å². The van der Waals surface area contributed by atoms with E-state index in [1.807, 2.05) is 25.1 Å². The largest absolute Gasteiger partial charge is 0.367 e. The molecule has 9 nitrogen and oxygen atoms in total. The molecule has 0 aromatic carbocycles. The Bertz CT molecular complexity index is 1200. The van der Waals surface area contributed by atoms with Gasteiger partial charge in [-0.25, -0.2) is 4.98 Å². The topological polar surface area (TPSA) is 129 Å². The lowest BCUT2D eigenvalue weighted by molar-refractivity contribution is 0.136. The highest BCUT2D eigenvalue weighted by Crippen LogP contribution is 2.38. The molecule has 0 spiro atoms. The molecule has 0 saturated carbocycles. The van der Waals surface area contributed by atoms with Crippen molar-refractivity contribution in [3.05, 3.63) is 35.7 Å². The number of rotatable bonds is 6. The summed E-state index contributed by atoms with van der Waals surface area (Å²) >= 11 is 0. The third-order valence-electron chi connectivity index (χ3n) is 6.53. The summed E-state index contributed by atoms with van der Waals surface area (Å²) in [7, 11) is 0. The first-order valence-corrected chi connectivity index (χ1v) is 11.0. The van der Waals surface area contributed by atoms with Crippen molar-refractivity contribution >= 4 is 28.4 Å². The van der Waals surface area contributed by atoms with Gasteiger partial charge in [0.05, 0.1) is 11.6 Å². The maximum Gasteiger partial charge on any atom is 0.154 e. The van der Waals surface area contributed by atoms with E-state index in [0.717, 1.165) is 36.3 Å². The number of fused-ring (bicyclic) bond motifs is 3. The Labute approximate surface area is 186 Å². The Morgan fingerprint density at radius 1 is 1.22 bits per heavy atom. The molecule has 32 heavy (non-hydrogen) atoms. The normalized spacial score (nSPS) is 22.4. The standard InChI is InChI=1S/C23H25N9/c1-14-10-20(31-30-14)28-23-19(13-25)21-18(4-2-8-26-21)22(29-23)27-15-11-16-5-6-17(12-15)32(16)9-3-7-24/h2,4,8,10,15-17H,3,5-6,9,11-12H2,1H3,(H3,27,28,29,30,31)/t15-,16-,17+. The predicted molar refractivity (Wildman–Crippen MR) is 121 cm³/mol. The number of nitriles is 2. The van der Waals surface area contributed by atoms with Crippen LogP contribution in [-0.4, -0.2) is 49.7 Å². The zero-order chi connectivity index (χ0) is 22.1. The van der Waals surface area contributed by atoms with E-state index in [0.29, 0.717) is 41.2 Å². The molecule has 0 aliphatic carbocycles. The fourth-order valence-electron chi connectivity index (χ4n) is 5.18. The van der Waals surface area contributed by atoms with Gasteiger partial charge >= 0.3 is 0 Å². The molecule has 2 bridgehead atoms. The van der Waals surface area contributed by atoms with Crippen molar-refractivity contribution < 1.29 is 0 Å². The zero-order valence-electron chi connectivity index (χ0n) is 18.0. The van der Waals surface area contributed by atoms with Crippen molar-refractivity contribution in [2.45, 2.75) is 57.2 Å². The minimum absolute atomic E-state index is 0.287. The third-order valence-corrected chi connectivity index (χ3v) is 6.53. The molecule has 2 aliphatic heterocycles. The zero-order valence-corrected chi connectivity index (χ0v) is 18.0. The minimum atomic E-state index is 0.287. The molecular formula is C23H25N9. The molecule has 5 heterocycles. The molecular weight excluding hydrogens is 402 g/mol. The van der Waals surface area contributed by atoms with Crippen LogP contribution >= 0.6 is 0 Å². The summed E-state index contributed by atoms with van der Waals surface area (Å²) in [6.07, 6.45) is 6.69. The number of aromatic nitrogens is 4. The summed E-state index contributed by atoms with van der Waals surface area (Å²) in [5.74, 6) is 1.79. The highest BCUT2D eigenvalue weighted by Gasteiger charge is 2.40. The molecule has 2 fully saturated rings. The number of H-pyrrole nitrogens is 1. The van der Waals surface area contributed by atoms with Crippen molar-refractivity contribution in [1.29, 1.82) is 10.5 Å². The molecule has 5 rings (SSSR count). The second-order valence-electron chi connectivity index (χ2n) is 8.60. The van der Waals surface area contributed by atoms with Crippen LogP contribution in [0.1, 0.15) is 43.4 Å². The van der Waals surface area contributed by atoms with E-state index < -0.39 is 0 Å². The van der Waals surface area contributed by atoms with Crippen molar-refractivity contribution in [1.82, 2.24) is 25.1 Å². The van der Waals surface area contributed by atoms with Crippen LogP contribution in [0.15, 0.2) is 24.4 Å². The van der Waals surface area contributed by atoms with Gasteiger partial charge in [-0.05, 0) is 44.7 Å². The number of piperidine rings is 1. The second kappa shape index (κ2) is 8.45. The fourth-order valence-corrected chi connectivity index (χ4v) is 5.18. The van der Waals surface area contributed by atoms with E-state index >= 15 is 0 Å². The third kappa shape index (κ3) is 3.72. The molecule has 3 atom stereocenters. The first kappa shape index (κ1) is 20.2. The predicted octanol–water partition coefficient (Wildman–Crippen LogP) is 3.60. The monoisotopic (exact) mass is 427 g/mol. The lowest BCUT2D eigenvalue weighted by atomic mass is 9.96. The van der Waals surface area contributed by atoms with Gasteiger partial charge in [-0.2, -0.15) is 15.6 Å². The molecule has 0 amide bonds. The first-order valence-electron chi connectivity index (χ1n) is 11.0. The fraction of sp³-hybridized carbons (Fsp3) is 0.435. The smallest absolute Gasteiger partial charge is 0.154 e. The van der Waals surface area contributed by atoms with E-state index in [4.69, 9.17) is 10.2 Å². The summed E-state index contributed by atoms with van der Waals surface area (Å²) < 4.78 is 0. The van der Waals surface area contributed by atoms with Gasteiger partial charge in [0.2, 0.25) is 0 Å². The molecule has 2 saturated heterocycles. The van der Waals surface area contributed by atoms with Crippen LogP contribution in [0.5, 0.6) is 0 Å². The van der Waals surface area contributed by atoms with Gasteiger partial charge in [0.1, 0.15) is 17.5 Å². The van der Waals surface area contributed by atoms with Gasteiger partial charge in [0, 0.05) is 54.4 Å². The molecule has 3 aromatic heterocycles. The van der Waals surface area contributed by atoms with Gasteiger partial charge in [-0.1, -0.05) is 0 Å². The van der Waals surface area contributed by atoms with Crippen LogP contribution in [0.25, 0.3) is 10.9 Å². The summed E-state index contributed by atoms with van der Waals surface area (Å²) in [5, 5.41) is 33.6. The van der Waals surface area contributed by atoms with Crippen LogP contribution in [0.3, 0.4) is 0 Å². The number of hydrogen-bond donors (Lipinski definition) is 3. The number of nitrogens with zero attached hydrogens (tertiary/aromatic N) is 6. The van der Waals surface area contributed by atoms with Gasteiger partial charge in [0.15, 0.2) is 11.6 Å². The van der Waals surface area contributed by atoms with Crippen molar-refractivity contribution in [2.75, 3.05) is 17.2 Å². The van der Waals surface area contributed by atoms with E-state index in [9.17, 15) is 5.26 Å². The van der Waals surface area contributed by atoms with Gasteiger partial charge in [0.25, 0.3) is 0 Å². The summed E-state index contributed by atoms with van der Waals surface area (Å²) in [4.78, 5) is 11.8. The number of aryl methyl sites for hydroxylation is 1. The lowest BCUT2D eigenvalue weighted by Gasteiger charge is -2.39. The average molecular weight is 428 g/mol. The number of aromatic amines is 1. The van der Waals surface area contributed by atoms with Crippen LogP contribution in [-0.2, 0) is 0 Å². The summed E-state index contributed by atoms with van der Waals surface area (Å²) in [6, 6.07) is 11.5. The Morgan fingerprint density at radius 3 is 2.72 bits per heavy atom. The summed E-state index contributed by atoms with van der Waals surface area (Å²) in [5.41, 5.74) is 1.94. The Morgan fingerprint density at radius 2 is 2.03 bits per heavy atom. The van der Waals surface area contributed by atoms with Crippen molar-refractivity contribution in [3.63, 3.8) is 0 Å². The molecule has 2 aliphatic rings. The lowest BCUT2D eigenvalue weighted by Crippen LogP contribution is -2.47. The SMILES string of the molecule is Cc1cc(Nc2nc(N[C@@H]3C[C@H]4CC[C@@H](C3)N4CCC#N)c3cccnc3c2C#N)n[nH]1.